The van der Waals surface area contributed by atoms with Gasteiger partial charge in [0.25, 0.3) is 5.91 Å². The van der Waals surface area contributed by atoms with E-state index in [1.165, 1.54) is 4.90 Å². The lowest BCUT2D eigenvalue weighted by atomic mass is 10.1. The Balaban J connectivity index is 1.75. The molecule has 7 nitrogen and oxygen atoms in total. The van der Waals surface area contributed by atoms with E-state index in [-0.39, 0.29) is 12.0 Å². The van der Waals surface area contributed by atoms with Crippen molar-refractivity contribution in [1.82, 2.24) is 9.97 Å². The number of thiazole rings is 1. The van der Waals surface area contributed by atoms with Crippen LogP contribution in [-0.2, 0) is 14.3 Å². The van der Waals surface area contributed by atoms with E-state index in [1.807, 2.05) is 43.3 Å². The number of aryl methyl sites for hydroxylation is 1. The number of amides is 1. The van der Waals surface area contributed by atoms with E-state index in [4.69, 9.17) is 14.5 Å². The number of anilines is 1. The van der Waals surface area contributed by atoms with Crippen molar-refractivity contribution >= 4 is 28.9 Å². The van der Waals surface area contributed by atoms with Gasteiger partial charge in [0, 0.05) is 16.6 Å². The van der Waals surface area contributed by atoms with Crippen LogP contribution in [0, 0.1) is 6.92 Å². The monoisotopic (exact) mass is 451 g/mol. The second-order valence-electron chi connectivity index (χ2n) is 7.95. The third kappa shape index (κ3) is 4.10. The maximum Gasteiger partial charge on any atom is 0.329 e. The summed E-state index contributed by atoms with van der Waals surface area (Å²) in [4.78, 5) is 37.3. The lowest BCUT2D eigenvalue weighted by molar-refractivity contribution is -0.150. The minimum absolute atomic E-state index is 0.271. The minimum Gasteiger partial charge on any atom is -0.479 e. The van der Waals surface area contributed by atoms with E-state index in [0.717, 1.165) is 26.8 Å². The molecule has 4 rings (SSSR count). The van der Waals surface area contributed by atoms with E-state index in [0.29, 0.717) is 11.4 Å². The van der Waals surface area contributed by atoms with Crippen LogP contribution in [0.5, 0.6) is 5.75 Å². The summed E-state index contributed by atoms with van der Waals surface area (Å²) in [5.74, 6) is -0.198. The van der Waals surface area contributed by atoms with Gasteiger partial charge in [0.1, 0.15) is 16.8 Å². The van der Waals surface area contributed by atoms with Crippen LogP contribution in [0.1, 0.15) is 32.6 Å². The molecule has 0 saturated heterocycles. The molecule has 2 atom stereocenters. The number of carbonyl (C=O) groups is 2. The van der Waals surface area contributed by atoms with Gasteiger partial charge in [-0.1, -0.05) is 6.07 Å². The zero-order valence-corrected chi connectivity index (χ0v) is 19.5. The lowest BCUT2D eigenvalue weighted by Crippen LogP contribution is -2.52. The summed E-state index contributed by atoms with van der Waals surface area (Å²) in [6.07, 6.45) is 0.774. The first-order valence-corrected chi connectivity index (χ1v) is 11.3. The van der Waals surface area contributed by atoms with Crippen LogP contribution in [0.25, 0.3) is 22.0 Å². The Bertz CT molecular complexity index is 1160. The van der Waals surface area contributed by atoms with E-state index in [2.05, 4.69) is 4.98 Å². The van der Waals surface area contributed by atoms with Gasteiger partial charge in [-0.2, -0.15) is 0 Å². The first-order chi connectivity index (χ1) is 15.3. The SMILES string of the molecule is Cc1sc(-c2ccccn2)nc1-c1ccc2c(c1)N(C(C)C(=O)OC(C)C)C(=O)C(C)O2. The molecule has 1 aliphatic heterocycles. The second-order valence-corrected chi connectivity index (χ2v) is 9.15. The van der Waals surface area contributed by atoms with Gasteiger partial charge in [0.2, 0.25) is 0 Å². The second kappa shape index (κ2) is 8.70. The fourth-order valence-corrected chi connectivity index (χ4v) is 4.52. The highest BCUT2D eigenvalue weighted by Crippen LogP contribution is 2.40. The van der Waals surface area contributed by atoms with Crippen LogP contribution in [-0.4, -0.2) is 40.1 Å². The summed E-state index contributed by atoms with van der Waals surface area (Å²) in [6, 6.07) is 10.5. The Morgan fingerprint density at radius 3 is 2.69 bits per heavy atom. The Labute approximate surface area is 191 Å². The van der Waals surface area contributed by atoms with Crippen LogP contribution in [0.3, 0.4) is 0 Å². The summed E-state index contributed by atoms with van der Waals surface area (Å²) in [6.45, 7) is 8.92. The molecule has 3 aromatic rings. The standard InChI is InChI=1S/C24H25N3O4S/c1-13(2)30-24(29)14(3)27-19-12-17(9-10-20(19)31-15(4)23(27)28)21-16(5)32-22(26-21)18-8-6-7-11-25-18/h6-15H,1-5H3. The zero-order chi connectivity index (χ0) is 23.0. The average Bonchev–Trinajstić information content (AvgIpc) is 3.16. The molecule has 1 aromatic carbocycles. The van der Waals surface area contributed by atoms with Crippen molar-refractivity contribution in [1.29, 1.82) is 0 Å². The molecule has 32 heavy (non-hydrogen) atoms. The molecule has 1 aliphatic rings. The number of esters is 1. The predicted molar refractivity (Wildman–Crippen MR) is 124 cm³/mol. The quantitative estimate of drug-likeness (QED) is 0.526. The molecule has 0 aliphatic carbocycles. The van der Waals surface area contributed by atoms with Gasteiger partial charge >= 0.3 is 5.97 Å². The number of carbonyl (C=O) groups excluding carboxylic acids is 2. The van der Waals surface area contributed by atoms with Gasteiger partial charge in [-0.3, -0.25) is 14.7 Å². The molecule has 166 valence electrons. The maximum atomic E-state index is 13.0. The molecule has 0 saturated carbocycles. The van der Waals surface area contributed by atoms with Crippen molar-refractivity contribution in [3.63, 3.8) is 0 Å². The molecule has 3 heterocycles. The highest BCUT2D eigenvalue weighted by Gasteiger charge is 2.38. The van der Waals surface area contributed by atoms with Crippen molar-refractivity contribution < 1.29 is 19.1 Å². The topological polar surface area (TPSA) is 81.6 Å². The fraction of sp³-hybridized carbons (Fsp3) is 0.333. The Morgan fingerprint density at radius 2 is 2.00 bits per heavy atom. The number of benzene rings is 1. The number of rotatable bonds is 5. The highest BCUT2D eigenvalue weighted by molar-refractivity contribution is 7.15. The van der Waals surface area contributed by atoms with Crippen LogP contribution in [0.2, 0.25) is 0 Å². The third-order valence-electron chi connectivity index (χ3n) is 5.14. The molecule has 0 bridgehead atoms. The van der Waals surface area contributed by atoms with Crippen molar-refractivity contribution in [3.8, 4) is 27.7 Å². The molecule has 2 unspecified atom stereocenters. The number of aromatic nitrogens is 2. The van der Waals surface area contributed by atoms with Gasteiger partial charge in [0.15, 0.2) is 6.10 Å². The summed E-state index contributed by atoms with van der Waals surface area (Å²) in [5.41, 5.74) is 2.98. The van der Waals surface area contributed by atoms with Crippen LogP contribution >= 0.6 is 11.3 Å². The largest absolute Gasteiger partial charge is 0.479 e. The Kier molecular flexibility index (Phi) is 5.97. The van der Waals surface area contributed by atoms with Crippen molar-refractivity contribution in [3.05, 3.63) is 47.5 Å². The van der Waals surface area contributed by atoms with Gasteiger partial charge < -0.3 is 9.47 Å². The summed E-state index contributed by atoms with van der Waals surface area (Å²) < 4.78 is 11.2. The molecule has 0 N–H and O–H groups in total. The van der Waals surface area contributed by atoms with Gasteiger partial charge in [-0.15, -0.1) is 11.3 Å². The number of nitrogens with zero attached hydrogens (tertiary/aromatic N) is 3. The Hall–Kier alpha value is -3.26. The van der Waals surface area contributed by atoms with Crippen LogP contribution < -0.4 is 9.64 Å². The zero-order valence-electron chi connectivity index (χ0n) is 18.7. The lowest BCUT2D eigenvalue weighted by Gasteiger charge is -2.36. The summed E-state index contributed by atoms with van der Waals surface area (Å²) in [5, 5.41) is 0.822. The van der Waals surface area contributed by atoms with Gasteiger partial charge in [-0.25, -0.2) is 9.78 Å². The number of fused-ring (bicyclic) bond motifs is 1. The summed E-state index contributed by atoms with van der Waals surface area (Å²) in [7, 11) is 0. The van der Waals surface area contributed by atoms with Crippen LogP contribution in [0.4, 0.5) is 5.69 Å². The Morgan fingerprint density at radius 1 is 1.22 bits per heavy atom. The first-order valence-electron chi connectivity index (χ1n) is 10.5. The van der Waals surface area contributed by atoms with Gasteiger partial charge in [0.05, 0.1) is 23.2 Å². The predicted octanol–water partition coefficient (Wildman–Crippen LogP) is 4.63. The van der Waals surface area contributed by atoms with E-state index in [9.17, 15) is 9.59 Å². The molecule has 0 radical (unpaired) electrons. The van der Waals surface area contributed by atoms with E-state index >= 15 is 0 Å². The molecule has 8 heteroatoms. The molecular formula is C24H25N3O4S. The third-order valence-corrected chi connectivity index (χ3v) is 6.14. The number of hydrogen-bond acceptors (Lipinski definition) is 7. The van der Waals surface area contributed by atoms with Crippen LogP contribution in [0.15, 0.2) is 42.6 Å². The number of pyridine rings is 1. The van der Waals surface area contributed by atoms with E-state index in [1.54, 1.807) is 45.2 Å². The summed E-state index contributed by atoms with van der Waals surface area (Å²) >= 11 is 1.56. The normalized spacial score (nSPS) is 16.5. The molecule has 0 fully saturated rings. The first kappa shape index (κ1) is 22.0. The fourth-order valence-electron chi connectivity index (χ4n) is 3.61. The molecule has 1 amide bonds. The van der Waals surface area contributed by atoms with Crippen molar-refractivity contribution in [2.24, 2.45) is 0 Å². The molecule has 0 spiro atoms. The number of hydrogen-bond donors (Lipinski definition) is 0. The van der Waals surface area contributed by atoms with Gasteiger partial charge in [-0.05, 0) is 65.0 Å². The molecule has 2 aromatic heterocycles. The highest BCUT2D eigenvalue weighted by atomic mass is 32.1. The average molecular weight is 452 g/mol. The smallest absolute Gasteiger partial charge is 0.329 e. The molecular weight excluding hydrogens is 426 g/mol. The number of ether oxygens (including phenoxy) is 2. The van der Waals surface area contributed by atoms with Crippen molar-refractivity contribution in [2.45, 2.75) is 52.9 Å². The minimum atomic E-state index is -0.786. The maximum absolute atomic E-state index is 13.0. The van der Waals surface area contributed by atoms with Crippen molar-refractivity contribution in [2.75, 3.05) is 4.90 Å². The van der Waals surface area contributed by atoms with E-state index < -0.39 is 18.1 Å².